The number of hydrogen-bond acceptors (Lipinski definition) is 3. The van der Waals surface area contributed by atoms with E-state index < -0.39 is 5.60 Å². The van der Waals surface area contributed by atoms with Gasteiger partial charge in [0.2, 0.25) is 0 Å². The van der Waals surface area contributed by atoms with Crippen LogP contribution in [0.1, 0.15) is 52.9 Å². The minimum absolute atomic E-state index is 0.234. The molecule has 0 N–H and O–H groups in total. The van der Waals surface area contributed by atoms with Crippen molar-refractivity contribution in [2.75, 3.05) is 19.0 Å². The van der Waals surface area contributed by atoms with Crippen LogP contribution in [0.4, 0.5) is 4.79 Å². The van der Waals surface area contributed by atoms with Gasteiger partial charge in [-0.05, 0) is 52.9 Å². The maximum absolute atomic E-state index is 12.0. The standard InChI is InChI=1S/C15H28BrNO3/c1-15(2,3)20-14(18)17(4)12-7-8-13(11-12)19-10-6-5-9-16/h12-13H,5-11H2,1-4H3/t12-,13-/m0/s1. The van der Waals surface area contributed by atoms with Crippen molar-refractivity contribution in [3.63, 3.8) is 0 Å². The molecule has 0 aliphatic heterocycles. The third-order valence-electron chi connectivity index (χ3n) is 3.47. The summed E-state index contributed by atoms with van der Waals surface area (Å²) in [5.41, 5.74) is -0.435. The van der Waals surface area contributed by atoms with Crippen LogP contribution in [0.2, 0.25) is 0 Å². The third-order valence-corrected chi connectivity index (χ3v) is 4.03. The summed E-state index contributed by atoms with van der Waals surface area (Å²) in [7, 11) is 1.83. The van der Waals surface area contributed by atoms with E-state index in [-0.39, 0.29) is 12.1 Å². The Kier molecular flexibility index (Phi) is 7.30. The molecule has 1 saturated carbocycles. The molecule has 0 heterocycles. The first-order valence-electron chi connectivity index (χ1n) is 7.47. The molecule has 1 aliphatic rings. The van der Waals surface area contributed by atoms with Crippen LogP contribution in [-0.4, -0.2) is 47.7 Å². The molecular formula is C15H28BrNO3. The van der Waals surface area contributed by atoms with Gasteiger partial charge in [-0.1, -0.05) is 15.9 Å². The second kappa shape index (κ2) is 8.23. The number of nitrogens with zero attached hydrogens (tertiary/aromatic N) is 1. The molecule has 1 aliphatic carbocycles. The van der Waals surface area contributed by atoms with E-state index in [0.717, 1.165) is 44.0 Å². The number of rotatable bonds is 6. The molecule has 4 nitrogen and oxygen atoms in total. The fraction of sp³-hybridized carbons (Fsp3) is 0.933. The van der Waals surface area contributed by atoms with Crippen molar-refractivity contribution in [1.29, 1.82) is 0 Å². The van der Waals surface area contributed by atoms with Gasteiger partial charge in [-0.2, -0.15) is 0 Å². The molecular weight excluding hydrogens is 322 g/mol. The second-order valence-corrected chi connectivity index (χ2v) is 7.24. The number of halogens is 1. The highest BCUT2D eigenvalue weighted by Gasteiger charge is 2.32. The third kappa shape index (κ3) is 6.44. The van der Waals surface area contributed by atoms with E-state index in [2.05, 4.69) is 15.9 Å². The SMILES string of the molecule is CN(C(=O)OC(C)(C)C)[C@H]1CC[C@H](OCCCCBr)C1. The van der Waals surface area contributed by atoms with Gasteiger partial charge in [0.15, 0.2) is 0 Å². The van der Waals surface area contributed by atoms with Crippen LogP contribution in [0.5, 0.6) is 0 Å². The average molecular weight is 350 g/mol. The Hall–Kier alpha value is -0.290. The average Bonchev–Trinajstić information content (AvgIpc) is 2.80. The van der Waals surface area contributed by atoms with Gasteiger partial charge < -0.3 is 14.4 Å². The number of carbonyl (C=O) groups excluding carboxylic acids is 1. The zero-order valence-corrected chi connectivity index (χ0v) is 14.7. The number of hydrogen-bond donors (Lipinski definition) is 0. The van der Waals surface area contributed by atoms with Crippen LogP contribution in [0.25, 0.3) is 0 Å². The Morgan fingerprint density at radius 2 is 2.00 bits per heavy atom. The lowest BCUT2D eigenvalue weighted by atomic mass is 10.2. The van der Waals surface area contributed by atoms with Crippen molar-refractivity contribution in [2.24, 2.45) is 0 Å². The monoisotopic (exact) mass is 349 g/mol. The predicted octanol–water partition coefficient (Wildman–Crippen LogP) is 3.97. The van der Waals surface area contributed by atoms with Gasteiger partial charge in [0.05, 0.1) is 6.10 Å². The van der Waals surface area contributed by atoms with Gasteiger partial charge >= 0.3 is 6.09 Å². The van der Waals surface area contributed by atoms with Gasteiger partial charge in [-0.15, -0.1) is 0 Å². The van der Waals surface area contributed by atoms with E-state index in [0.29, 0.717) is 6.10 Å². The summed E-state index contributed by atoms with van der Waals surface area (Å²) in [6.07, 6.45) is 5.25. The lowest BCUT2D eigenvalue weighted by Gasteiger charge is -2.28. The van der Waals surface area contributed by atoms with E-state index in [1.54, 1.807) is 4.90 Å². The van der Waals surface area contributed by atoms with E-state index in [1.165, 1.54) is 0 Å². The van der Waals surface area contributed by atoms with Crippen molar-refractivity contribution >= 4 is 22.0 Å². The highest BCUT2D eigenvalue weighted by atomic mass is 79.9. The van der Waals surface area contributed by atoms with Crippen molar-refractivity contribution in [3.05, 3.63) is 0 Å². The molecule has 20 heavy (non-hydrogen) atoms. The molecule has 0 aromatic heterocycles. The Labute approximate surface area is 131 Å². The molecule has 0 bridgehead atoms. The van der Waals surface area contributed by atoms with Crippen LogP contribution >= 0.6 is 15.9 Å². The van der Waals surface area contributed by atoms with Crippen molar-refractivity contribution in [1.82, 2.24) is 4.90 Å². The summed E-state index contributed by atoms with van der Waals surface area (Å²) >= 11 is 3.42. The lowest BCUT2D eigenvalue weighted by Crippen LogP contribution is -2.39. The van der Waals surface area contributed by atoms with Crippen LogP contribution in [0.3, 0.4) is 0 Å². The van der Waals surface area contributed by atoms with Gasteiger partial charge in [0.25, 0.3) is 0 Å². The largest absolute Gasteiger partial charge is 0.444 e. The Morgan fingerprint density at radius 1 is 1.30 bits per heavy atom. The molecule has 1 rings (SSSR count). The topological polar surface area (TPSA) is 38.8 Å². The zero-order chi connectivity index (χ0) is 15.2. The minimum atomic E-state index is -0.435. The van der Waals surface area contributed by atoms with Crippen LogP contribution in [-0.2, 0) is 9.47 Å². The summed E-state index contributed by atoms with van der Waals surface area (Å²) in [6.45, 7) is 6.49. The molecule has 1 fully saturated rings. The number of unbranched alkanes of at least 4 members (excludes halogenated alkanes) is 1. The lowest BCUT2D eigenvalue weighted by molar-refractivity contribution is 0.0184. The minimum Gasteiger partial charge on any atom is -0.444 e. The molecule has 0 aromatic carbocycles. The first-order valence-corrected chi connectivity index (χ1v) is 8.59. The number of carbonyl (C=O) groups is 1. The Bertz CT molecular complexity index is 304. The molecule has 118 valence electrons. The predicted molar refractivity (Wildman–Crippen MR) is 84.4 cm³/mol. The summed E-state index contributed by atoms with van der Waals surface area (Å²) in [5.74, 6) is 0. The zero-order valence-electron chi connectivity index (χ0n) is 13.2. The van der Waals surface area contributed by atoms with Gasteiger partial charge in [-0.25, -0.2) is 4.79 Å². The highest BCUT2D eigenvalue weighted by Crippen LogP contribution is 2.27. The fourth-order valence-electron chi connectivity index (χ4n) is 2.35. The second-order valence-electron chi connectivity index (χ2n) is 6.45. The number of alkyl halides is 1. The normalized spacial score (nSPS) is 22.9. The van der Waals surface area contributed by atoms with Crippen LogP contribution < -0.4 is 0 Å². The quantitative estimate of drug-likeness (QED) is 0.538. The summed E-state index contributed by atoms with van der Waals surface area (Å²) < 4.78 is 11.3. The maximum atomic E-state index is 12.0. The van der Waals surface area contributed by atoms with Gasteiger partial charge in [0.1, 0.15) is 5.60 Å². The fourth-order valence-corrected chi connectivity index (χ4v) is 2.75. The first-order chi connectivity index (χ1) is 9.33. The molecule has 0 saturated heterocycles. The summed E-state index contributed by atoms with van der Waals surface area (Å²) in [6, 6.07) is 0.242. The van der Waals surface area contributed by atoms with Crippen molar-refractivity contribution < 1.29 is 14.3 Å². The smallest absolute Gasteiger partial charge is 0.410 e. The van der Waals surface area contributed by atoms with Gasteiger partial charge in [-0.3, -0.25) is 0 Å². The molecule has 0 unspecified atom stereocenters. The number of ether oxygens (including phenoxy) is 2. The Balaban J connectivity index is 2.30. The highest BCUT2D eigenvalue weighted by molar-refractivity contribution is 9.09. The van der Waals surface area contributed by atoms with Crippen LogP contribution in [0, 0.1) is 0 Å². The van der Waals surface area contributed by atoms with E-state index in [1.807, 2.05) is 27.8 Å². The summed E-state index contributed by atoms with van der Waals surface area (Å²) in [4.78, 5) is 13.7. The van der Waals surface area contributed by atoms with E-state index >= 15 is 0 Å². The molecule has 2 atom stereocenters. The molecule has 0 spiro atoms. The molecule has 0 radical (unpaired) electrons. The summed E-state index contributed by atoms with van der Waals surface area (Å²) in [5, 5.41) is 1.03. The van der Waals surface area contributed by atoms with Crippen molar-refractivity contribution in [2.45, 2.75) is 70.6 Å². The first kappa shape index (κ1) is 17.8. The maximum Gasteiger partial charge on any atom is 0.410 e. The van der Waals surface area contributed by atoms with Gasteiger partial charge in [0, 0.05) is 25.0 Å². The Morgan fingerprint density at radius 3 is 2.60 bits per heavy atom. The molecule has 1 amide bonds. The van der Waals surface area contributed by atoms with Crippen LogP contribution in [0.15, 0.2) is 0 Å². The molecule has 5 heteroatoms. The van der Waals surface area contributed by atoms with Crippen molar-refractivity contribution in [3.8, 4) is 0 Å². The molecule has 0 aromatic rings. The number of amides is 1. The van der Waals surface area contributed by atoms with E-state index in [4.69, 9.17) is 9.47 Å². The van der Waals surface area contributed by atoms with E-state index in [9.17, 15) is 4.79 Å².